The summed E-state index contributed by atoms with van der Waals surface area (Å²) >= 11 is 0. The number of rotatable bonds is 7. The number of hydrogen-bond donors (Lipinski definition) is 2. The monoisotopic (exact) mass is 278 g/mol. The van der Waals surface area contributed by atoms with Crippen LogP contribution >= 0.6 is 0 Å². The van der Waals surface area contributed by atoms with Crippen LogP contribution in [0.4, 0.5) is 11.5 Å². The Morgan fingerprint density at radius 2 is 2.10 bits per heavy atom. The molecule has 0 unspecified atom stereocenters. The van der Waals surface area contributed by atoms with Crippen molar-refractivity contribution in [3.05, 3.63) is 12.1 Å². The van der Waals surface area contributed by atoms with E-state index in [2.05, 4.69) is 29.0 Å². The summed E-state index contributed by atoms with van der Waals surface area (Å²) in [5.74, 6) is 1.82. The quantitative estimate of drug-likeness (QED) is 0.800. The molecule has 3 N–H and O–H groups in total. The molecule has 0 amide bonds. The Labute approximate surface area is 121 Å². The van der Waals surface area contributed by atoms with E-state index in [1.165, 1.54) is 25.9 Å². The Morgan fingerprint density at radius 3 is 2.80 bits per heavy atom. The van der Waals surface area contributed by atoms with Gasteiger partial charge in [0.2, 0.25) is 5.88 Å². The number of anilines is 2. The highest BCUT2D eigenvalue weighted by Gasteiger charge is 2.11. The summed E-state index contributed by atoms with van der Waals surface area (Å²) in [5.41, 5.74) is 6.47. The molecule has 0 aromatic carbocycles. The minimum atomic E-state index is 0.461. The van der Waals surface area contributed by atoms with Gasteiger partial charge in [-0.15, -0.1) is 0 Å². The first-order chi connectivity index (χ1) is 9.65. The van der Waals surface area contributed by atoms with E-state index < -0.39 is 0 Å². The van der Waals surface area contributed by atoms with Crippen molar-refractivity contribution in [2.75, 3.05) is 43.8 Å². The van der Waals surface area contributed by atoms with Gasteiger partial charge < -0.3 is 20.7 Å². The molecule has 0 aliphatic carbocycles. The SMILES string of the molecule is CC(C)COc1nc(NCCN2CCCC2)ccc1N. The van der Waals surface area contributed by atoms with Crippen molar-refractivity contribution in [3.63, 3.8) is 0 Å². The molecule has 5 heteroatoms. The normalized spacial score (nSPS) is 15.8. The molecule has 0 spiro atoms. The van der Waals surface area contributed by atoms with E-state index in [9.17, 15) is 0 Å². The third-order valence-electron chi connectivity index (χ3n) is 3.38. The number of nitrogens with two attached hydrogens (primary N) is 1. The first kappa shape index (κ1) is 14.9. The molecule has 0 saturated carbocycles. The van der Waals surface area contributed by atoms with E-state index in [4.69, 9.17) is 10.5 Å². The van der Waals surface area contributed by atoms with Gasteiger partial charge in [-0.1, -0.05) is 13.8 Å². The molecule has 1 aliphatic rings. The smallest absolute Gasteiger partial charge is 0.239 e. The third kappa shape index (κ3) is 4.56. The van der Waals surface area contributed by atoms with Crippen LogP contribution in [-0.4, -0.2) is 42.7 Å². The summed E-state index contributed by atoms with van der Waals surface area (Å²) in [6, 6.07) is 3.75. The van der Waals surface area contributed by atoms with Gasteiger partial charge in [0.05, 0.1) is 12.3 Å². The van der Waals surface area contributed by atoms with Crippen molar-refractivity contribution in [2.45, 2.75) is 26.7 Å². The van der Waals surface area contributed by atoms with E-state index in [-0.39, 0.29) is 0 Å². The van der Waals surface area contributed by atoms with Crippen molar-refractivity contribution in [2.24, 2.45) is 5.92 Å². The molecule has 1 aromatic heterocycles. The second-order valence-electron chi connectivity index (χ2n) is 5.77. The highest BCUT2D eigenvalue weighted by Crippen LogP contribution is 2.21. The lowest BCUT2D eigenvalue weighted by Gasteiger charge is -2.16. The van der Waals surface area contributed by atoms with Crippen LogP contribution in [0.25, 0.3) is 0 Å². The molecule has 1 fully saturated rings. The number of likely N-dealkylation sites (tertiary alicyclic amines) is 1. The summed E-state index contributed by atoms with van der Waals surface area (Å²) < 4.78 is 5.63. The van der Waals surface area contributed by atoms with Crippen LogP contribution in [0.5, 0.6) is 5.88 Å². The number of nitrogens with one attached hydrogen (secondary N) is 1. The number of hydrogen-bond acceptors (Lipinski definition) is 5. The van der Waals surface area contributed by atoms with Gasteiger partial charge in [0, 0.05) is 13.1 Å². The molecule has 1 saturated heterocycles. The average Bonchev–Trinajstić information content (AvgIpc) is 2.92. The fourth-order valence-electron chi connectivity index (χ4n) is 2.26. The molecule has 0 bridgehead atoms. The maximum atomic E-state index is 5.88. The minimum absolute atomic E-state index is 0.461. The Balaban J connectivity index is 1.82. The number of nitrogens with zero attached hydrogens (tertiary/aromatic N) is 2. The van der Waals surface area contributed by atoms with E-state index >= 15 is 0 Å². The zero-order chi connectivity index (χ0) is 14.4. The zero-order valence-corrected chi connectivity index (χ0v) is 12.6. The molecular weight excluding hydrogens is 252 g/mol. The molecule has 1 aliphatic heterocycles. The first-order valence-electron chi connectivity index (χ1n) is 7.50. The summed E-state index contributed by atoms with van der Waals surface area (Å²) in [6.45, 7) is 9.26. The standard InChI is InChI=1S/C15H26N4O/c1-12(2)11-20-15-13(16)5-6-14(18-15)17-7-10-19-8-3-4-9-19/h5-6,12H,3-4,7-11,16H2,1-2H3,(H,17,18). The fraction of sp³-hybridized carbons (Fsp3) is 0.667. The number of nitrogen functional groups attached to an aromatic ring is 1. The Bertz CT molecular complexity index is 416. The maximum Gasteiger partial charge on any atom is 0.239 e. The molecule has 112 valence electrons. The van der Waals surface area contributed by atoms with Gasteiger partial charge in [-0.05, 0) is 44.0 Å². The van der Waals surface area contributed by atoms with E-state index in [1.807, 2.05) is 12.1 Å². The Hall–Kier alpha value is -1.49. The summed E-state index contributed by atoms with van der Waals surface area (Å²) in [5, 5.41) is 3.34. The lowest BCUT2D eigenvalue weighted by atomic mass is 10.2. The largest absolute Gasteiger partial charge is 0.476 e. The van der Waals surface area contributed by atoms with E-state index in [0.717, 1.165) is 18.9 Å². The van der Waals surface area contributed by atoms with Gasteiger partial charge in [-0.25, -0.2) is 0 Å². The van der Waals surface area contributed by atoms with Crippen LogP contribution in [0, 0.1) is 5.92 Å². The predicted octanol–water partition coefficient (Wildman–Crippen LogP) is 2.21. The number of ether oxygens (including phenoxy) is 1. The van der Waals surface area contributed by atoms with Gasteiger partial charge in [-0.3, -0.25) is 0 Å². The van der Waals surface area contributed by atoms with Crippen LogP contribution in [0.3, 0.4) is 0 Å². The number of pyridine rings is 1. The van der Waals surface area contributed by atoms with Crippen LogP contribution in [-0.2, 0) is 0 Å². The highest BCUT2D eigenvalue weighted by atomic mass is 16.5. The molecule has 0 radical (unpaired) electrons. The lowest BCUT2D eigenvalue weighted by molar-refractivity contribution is 0.263. The van der Waals surface area contributed by atoms with Crippen LogP contribution in [0.1, 0.15) is 26.7 Å². The molecule has 1 aromatic rings. The highest BCUT2D eigenvalue weighted by molar-refractivity contribution is 5.53. The summed E-state index contributed by atoms with van der Waals surface area (Å²) in [6.07, 6.45) is 2.65. The first-order valence-corrected chi connectivity index (χ1v) is 7.50. The number of aromatic nitrogens is 1. The van der Waals surface area contributed by atoms with Crippen molar-refractivity contribution >= 4 is 11.5 Å². The molecule has 2 rings (SSSR count). The van der Waals surface area contributed by atoms with Gasteiger partial charge in [0.25, 0.3) is 0 Å². The molecule has 0 atom stereocenters. The second-order valence-corrected chi connectivity index (χ2v) is 5.77. The lowest BCUT2D eigenvalue weighted by Crippen LogP contribution is -2.26. The Kier molecular flexibility index (Phi) is 5.47. The van der Waals surface area contributed by atoms with Gasteiger partial charge in [0.15, 0.2) is 0 Å². The van der Waals surface area contributed by atoms with Crippen LogP contribution < -0.4 is 15.8 Å². The maximum absolute atomic E-state index is 5.88. The molecule has 5 nitrogen and oxygen atoms in total. The van der Waals surface area contributed by atoms with Crippen LogP contribution in [0.2, 0.25) is 0 Å². The molecule has 20 heavy (non-hydrogen) atoms. The second kappa shape index (κ2) is 7.33. The molecule has 2 heterocycles. The Morgan fingerprint density at radius 1 is 1.35 bits per heavy atom. The fourth-order valence-corrected chi connectivity index (χ4v) is 2.26. The van der Waals surface area contributed by atoms with Crippen molar-refractivity contribution in [3.8, 4) is 5.88 Å². The van der Waals surface area contributed by atoms with Crippen molar-refractivity contribution < 1.29 is 4.74 Å². The topological polar surface area (TPSA) is 63.4 Å². The predicted molar refractivity (Wildman–Crippen MR) is 83.1 cm³/mol. The molecular formula is C15H26N4O. The van der Waals surface area contributed by atoms with E-state index in [0.29, 0.717) is 24.1 Å². The summed E-state index contributed by atoms with van der Waals surface area (Å²) in [4.78, 5) is 6.90. The third-order valence-corrected chi connectivity index (χ3v) is 3.38. The minimum Gasteiger partial charge on any atom is -0.476 e. The van der Waals surface area contributed by atoms with Crippen LogP contribution in [0.15, 0.2) is 12.1 Å². The van der Waals surface area contributed by atoms with Gasteiger partial charge in [-0.2, -0.15) is 4.98 Å². The van der Waals surface area contributed by atoms with Gasteiger partial charge >= 0.3 is 0 Å². The van der Waals surface area contributed by atoms with Gasteiger partial charge in [0.1, 0.15) is 5.82 Å². The zero-order valence-electron chi connectivity index (χ0n) is 12.6. The summed E-state index contributed by atoms with van der Waals surface area (Å²) in [7, 11) is 0. The van der Waals surface area contributed by atoms with Crippen molar-refractivity contribution in [1.82, 2.24) is 9.88 Å². The average molecular weight is 278 g/mol. The van der Waals surface area contributed by atoms with Crippen molar-refractivity contribution in [1.29, 1.82) is 0 Å². The van der Waals surface area contributed by atoms with E-state index in [1.54, 1.807) is 0 Å².